The van der Waals surface area contributed by atoms with E-state index in [-0.39, 0.29) is 0 Å². The fraction of sp³-hybridized carbons (Fsp3) is 0. The van der Waals surface area contributed by atoms with Gasteiger partial charge in [0.05, 0.1) is 0 Å². The Bertz CT molecular complexity index is 1590. The van der Waals surface area contributed by atoms with Gasteiger partial charge in [-0.2, -0.15) is 0 Å². The number of hydrogen-bond donors (Lipinski definition) is 0. The lowest BCUT2D eigenvalue weighted by molar-refractivity contribution is 1.57. The topological polar surface area (TPSA) is 0 Å². The number of hydrogen-bond acceptors (Lipinski definition) is 0. The number of rotatable bonds is 3. The summed E-state index contributed by atoms with van der Waals surface area (Å²) in [7, 11) is 0. The number of benzene rings is 6. The van der Waals surface area contributed by atoms with E-state index < -0.39 is 0 Å². The van der Waals surface area contributed by atoms with E-state index in [1.165, 1.54) is 54.9 Å². The molecule has 6 rings (SSSR count). The predicted molar refractivity (Wildman–Crippen MR) is 153 cm³/mol. The molecule has 0 atom stereocenters. The van der Waals surface area contributed by atoms with E-state index in [4.69, 9.17) is 0 Å². The average Bonchev–Trinajstić information content (AvgIpc) is 2.92. The van der Waals surface area contributed by atoms with Crippen molar-refractivity contribution in [1.82, 2.24) is 0 Å². The molecule has 162 valence electrons. The van der Waals surface area contributed by atoms with Crippen molar-refractivity contribution in [3.8, 4) is 33.4 Å². The first-order valence-corrected chi connectivity index (χ1v) is 12.8. The maximum atomic E-state index is 3.90. The minimum Gasteiger partial charge on any atom is -0.0622 e. The zero-order chi connectivity index (χ0) is 23.1. The Labute approximate surface area is 216 Å². The normalized spacial score (nSPS) is 11.2. The molecule has 0 N–H and O–H groups in total. The molecule has 0 aromatic heterocycles. The summed E-state index contributed by atoms with van der Waals surface area (Å²) >= 11 is 7.77. The van der Waals surface area contributed by atoms with Gasteiger partial charge in [0, 0.05) is 8.95 Å². The van der Waals surface area contributed by atoms with Crippen LogP contribution in [-0.2, 0) is 0 Å². The van der Waals surface area contributed by atoms with Crippen molar-refractivity contribution in [2.45, 2.75) is 0 Å². The third-order valence-corrected chi connectivity index (χ3v) is 8.08. The predicted octanol–water partition coefficient (Wildman–Crippen LogP) is 10.5. The Balaban J connectivity index is 1.60. The largest absolute Gasteiger partial charge is 0.0622 e. The molecule has 0 aliphatic rings. The fourth-order valence-electron chi connectivity index (χ4n) is 4.64. The summed E-state index contributed by atoms with van der Waals surface area (Å²) in [5, 5.41) is 4.83. The average molecular weight is 564 g/mol. The standard InChI is InChI=1S/C32H20Br2/c33-31-27-13-7-8-14-28(27)32(34)30-20-23(15-16-29(30)31)26-18-24(21-9-3-1-4-10-21)17-25(19-26)22-11-5-2-6-12-22/h1-20H. The quantitative estimate of drug-likeness (QED) is 0.188. The highest BCUT2D eigenvalue weighted by Crippen LogP contribution is 2.41. The van der Waals surface area contributed by atoms with E-state index in [0.717, 1.165) is 8.95 Å². The van der Waals surface area contributed by atoms with Crippen LogP contribution >= 0.6 is 31.9 Å². The van der Waals surface area contributed by atoms with Gasteiger partial charge in [0.1, 0.15) is 0 Å². The van der Waals surface area contributed by atoms with E-state index in [9.17, 15) is 0 Å². The zero-order valence-electron chi connectivity index (χ0n) is 18.3. The summed E-state index contributed by atoms with van der Waals surface area (Å²) in [6.45, 7) is 0. The molecule has 0 saturated heterocycles. The van der Waals surface area contributed by atoms with E-state index in [2.05, 4.69) is 153 Å². The van der Waals surface area contributed by atoms with Crippen LogP contribution in [0.3, 0.4) is 0 Å². The van der Waals surface area contributed by atoms with Crippen molar-refractivity contribution in [1.29, 1.82) is 0 Å². The third kappa shape index (κ3) is 3.77. The van der Waals surface area contributed by atoms with Crippen LogP contribution in [-0.4, -0.2) is 0 Å². The minimum absolute atomic E-state index is 1.13. The molecular formula is C32H20Br2. The van der Waals surface area contributed by atoms with Crippen molar-refractivity contribution >= 4 is 53.4 Å². The molecule has 0 aliphatic carbocycles. The van der Waals surface area contributed by atoms with Crippen LogP contribution in [0.4, 0.5) is 0 Å². The monoisotopic (exact) mass is 562 g/mol. The van der Waals surface area contributed by atoms with Gasteiger partial charge in [-0.15, -0.1) is 0 Å². The van der Waals surface area contributed by atoms with Gasteiger partial charge in [-0.1, -0.05) is 97.1 Å². The second-order valence-electron chi connectivity index (χ2n) is 8.47. The van der Waals surface area contributed by atoms with Gasteiger partial charge in [0.25, 0.3) is 0 Å². The molecule has 0 nitrogen and oxygen atoms in total. The first-order valence-electron chi connectivity index (χ1n) is 11.2. The van der Waals surface area contributed by atoms with Gasteiger partial charge in [-0.3, -0.25) is 0 Å². The van der Waals surface area contributed by atoms with Crippen molar-refractivity contribution in [2.75, 3.05) is 0 Å². The summed E-state index contributed by atoms with van der Waals surface area (Å²) < 4.78 is 2.27. The fourth-order valence-corrected chi connectivity index (χ4v) is 6.01. The smallest absolute Gasteiger partial charge is 0.0333 e. The van der Waals surface area contributed by atoms with Crippen LogP contribution in [0.25, 0.3) is 54.9 Å². The van der Waals surface area contributed by atoms with Crippen LogP contribution in [0.1, 0.15) is 0 Å². The molecule has 0 aliphatic heterocycles. The van der Waals surface area contributed by atoms with E-state index in [0.29, 0.717) is 0 Å². The molecule has 0 amide bonds. The molecule has 2 heteroatoms. The van der Waals surface area contributed by atoms with Crippen LogP contribution in [0.5, 0.6) is 0 Å². The van der Waals surface area contributed by atoms with E-state index in [1.54, 1.807) is 0 Å². The summed E-state index contributed by atoms with van der Waals surface area (Å²) in [6.07, 6.45) is 0. The number of fused-ring (bicyclic) bond motifs is 2. The molecule has 0 unspecified atom stereocenters. The second-order valence-corrected chi connectivity index (χ2v) is 10.1. The lowest BCUT2D eigenvalue weighted by Crippen LogP contribution is -1.88. The van der Waals surface area contributed by atoms with Gasteiger partial charge < -0.3 is 0 Å². The maximum Gasteiger partial charge on any atom is 0.0333 e. The van der Waals surface area contributed by atoms with Crippen molar-refractivity contribution in [3.63, 3.8) is 0 Å². The summed E-state index contributed by atoms with van der Waals surface area (Å²) in [5.74, 6) is 0. The molecule has 0 radical (unpaired) electrons. The summed E-state index contributed by atoms with van der Waals surface area (Å²) in [5.41, 5.74) is 7.28. The molecule has 0 saturated carbocycles. The van der Waals surface area contributed by atoms with Crippen LogP contribution < -0.4 is 0 Å². The highest BCUT2D eigenvalue weighted by Gasteiger charge is 2.13. The molecular weight excluding hydrogens is 544 g/mol. The van der Waals surface area contributed by atoms with Crippen molar-refractivity contribution < 1.29 is 0 Å². The second kappa shape index (κ2) is 8.87. The van der Waals surface area contributed by atoms with Crippen molar-refractivity contribution in [3.05, 3.63) is 130 Å². The molecule has 0 heterocycles. The van der Waals surface area contributed by atoms with Gasteiger partial charge >= 0.3 is 0 Å². The first kappa shape index (κ1) is 21.3. The SMILES string of the molecule is Brc1c2ccccc2c(Br)c2cc(-c3cc(-c4ccccc4)cc(-c4ccccc4)c3)ccc12. The van der Waals surface area contributed by atoms with Crippen LogP contribution in [0, 0.1) is 0 Å². The Morgan fingerprint density at radius 1 is 0.294 bits per heavy atom. The minimum atomic E-state index is 1.13. The summed E-state index contributed by atoms with van der Waals surface area (Å²) in [6, 6.07) is 43.4. The van der Waals surface area contributed by atoms with Gasteiger partial charge in [0.2, 0.25) is 0 Å². The van der Waals surface area contributed by atoms with Gasteiger partial charge in [-0.05, 0) is 111 Å². The van der Waals surface area contributed by atoms with Crippen LogP contribution in [0.2, 0.25) is 0 Å². The third-order valence-electron chi connectivity index (χ3n) is 6.37. The highest BCUT2D eigenvalue weighted by atomic mass is 79.9. The summed E-state index contributed by atoms with van der Waals surface area (Å²) in [4.78, 5) is 0. The van der Waals surface area contributed by atoms with Gasteiger partial charge in [0.15, 0.2) is 0 Å². The molecule has 0 fully saturated rings. The first-order chi connectivity index (χ1) is 16.7. The molecule has 0 spiro atoms. The lowest BCUT2D eigenvalue weighted by atomic mass is 9.92. The Morgan fingerprint density at radius 2 is 0.706 bits per heavy atom. The van der Waals surface area contributed by atoms with E-state index in [1.807, 2.05) is 0 Å². The highest BCUT2D eigenvalue weighted by molar-refractivity contribution is 9.11. The molecule has 6 aromatic rings. The van der Waals surface area contributed by atoms with Gasteiger partial charge in [-0.25, -0.2) is 0 Å². The van der Waals surface area contributed by atoms with Crippen molar-refractivity contribution in [2.24, 2.45) is 0 Å². The Kier molecular flexibility index (Phi) is 5.57. The molecule has 0 bridgehead atoms. The van der Waals surface area contributed by atoms with E-state index >= 15 is 0 Å². The Morgan fingerprint density at radius 3 is 1.24 bits per heavy atom. The molecule has 34 heavy (non-hydrogen) atoms. The van der Waals surface area contributed by atoms with Crippen LogP contribution in [0.15, 0.2) is 130 Å². The lowest BCUT2D eigenvalue weighted by Gasteiger charge is -2.14. The zero-order valence-corrected chi connectivity index (χ0v) is 21.5. The Hall–Kier alpha value is -3.20. The molecule has 6 aromatic carbocycles. The maximum absolute atomic E-state index is 3.90. The number of halogens is 2.